The minimum atomic E-state index is 0.220. The molecule has 1 aromatic carbocycles. The lowest BCUT2D eigenvalue weighted by atomic mass is 10.1. The van der Waals surface area contributed by atoms with Crippen molar-refractivity contribution in [1.82, 2.24) is 15.0 Å². The van der Waals surface area contributed by atoms with Crippen LogP contribution in [0.3, 0.4) is 0 Å². The molecule has 0 spiro atoms. The maximum atomic E-state index is 6.04. The molecule has 5 nitrogen and oxygen atoms in total. The number of halogens is 1. The van der Waals surface area contributed by atoms with Gasteiger partial charge in [-0.3, -0.25) is 0 Å². The Labute approximate surface area is 122 Å². The lowest BCUT2D eigenvalue weighted by Crippen LogP contribution is -2.37. The van der Waals surface area contributed by atoms with Gasteiger partial charge in [0.1, 0.15) is 0 Å². The molecule has 0 unspecified atom stereocenters. The van der Waals surface area contributed by atoms with E-state index in [0.29, 0.717) is 25.0 Å². The third kappa shape index (κ3) is 2.89. The summed E-state index contributed by atoms with van der Waals surface area (Å²) in [6, 6.07) is 8.03. The molecular weight excluding hydrogens is 276 g/mol. The second-order valence-electron chi connectivity index (χ2n) is 4.70. The summed E-state index contributed by atoms with van der Waals surface area (Å²) in [6.45, 7) is 4.95. The Morgan fingerprint density at radius 2 is 1.95 bits per heavy atom. The molecule has 3 rings (SSSR count). The van der Waals surface area contributed by atoms with Crippen molar-refractivity contribution in [3.63, 3.8) is 0 Å². The fraction of sp³-hybridized carbons (Fsp3) is 0.357. The first-order chi connectivity index (χ1) is 9.72. The first kappa shape index (κ1) is 13.3. The largest absolute Gasteiger partial charge is 0.378 e. The highest BCUT2D eigenvalue weighted by molar-refractivity contribution is 6.28. The summed E-state index contributed by atoms with van der Waals surface area (Å²) in [7, 11) is 0. The minimum Gasteiger partial charge on any atom is -0.378 e. The van der Waals surface area contributed by atoms with E-state index in [0.717, 1.165) is 24.2 Å². The average Bonchev–Trinajstić information content (AvgIpc) is 2.47. The van der Waals surface area contributed by atoms with Crippen molar-refractivity contribution in [2.75, 3.05) is 31.2 Å². The number of nitrogens with zero attached hydrogens (tertiary/aromatic N) is 4. The van der Waals surface area contributed by atoms with Gasteiger partial charge in [-0.05, 0) is 24.6 Å². The third-order valence-electron chi connectivity index (χ3n) is 3.17. The van der Waals surface area contributed by atoms with Crippen LogP contribution in [-0.2, 0) is 4.74 Å². The van der Waals surface area contributed by atoms with E-state index in [1.807, 2.05) is 31.2 Å². The van der Waals surface area contributed by atoms with Gasteiger partial charge in [-0.15, -0.1) is 0 Å². The highest BCUT2D eigenvalue weighted by Crippen LogP contribution is 2.21. The molecule has 0 saturated carbocycles. The van der Waals surface area contributed by atoms with Gasteiger partial charge in [0.15, 0.2) is 5.82 Å². The number of benzene rings is 1. The maximum Gasteiger partial charge on any atom is 0.230 e. The Bertz CT molecular complexity index is 614. The molecule has 0 aliphatic carbocycles. The topological polar surface area (TPSA) is 51.1 Å². The van der Waals surface area contributed by atoms with Crippen LogP contribution < -0.4 is 4.90 Å². The van der Waals surface area contributed by atoms with Crippen LogP contribution in [0.15, 0.2) is 24.3 Å². The van der Waals surface area contributed by atoms with E-state index < -0.39 is 0 Å². The maximum absolute atomic E-state index is 6.04. The second-order valence-corrected chi connectivity index (χ2v) is 5.04. The highest BCUT2D eigenvalue weighted by Gasteiger charge is 2.16. The minimum absolute atomic E-state index is 0.220. The summed E-state index contributed by atoms with van der Waals surface area (Å²) in [4.78, 5) is 15.0. The van der Waals surface area contributed by atoms with Gasteiger partial charge in [-0.1, -0.05) is 23.8 Å². The zero-order chi connectivity index (χ0) is 13.9. The molecule has 1 aromatic heterocycles. The summed E-state index contributed by atoms with van der Waals surface area (Å²) in [5.74, 6) is 1.22. The van der Waals surface area contributed by atoms with E-state index in [1.165, 1.54) is 0 Å². The third-order valence-corrected chi connectivity index (χ3v) is 3.34. The molecule has 0 N–H and O–H groups in total. The van der Waals surface area contributed by atoms with Crippen LogP contribution in [0.2, 0.25) is 5.28 Å². The molecule has 1 aliphatic rings. The van der Waals surface area contributed by atoms with Gasteiger partial charge in [0.25, 0.3) is 0 Å². The summed E-state index contributed by atoms with van der Waals surface area (Å²) >= 11 is 6.04. The van der Waals surface area contributed by atoms with Crippen LogP contribution >= 0.6 is 11.6 Å². The van der Waals surface area contributed by atoms with Crippen LogP contribution in [0.25, 0.3) is 11.4 Å². The quantitative estimate of drug-likeness (QED) is 0.850. The van der Waals surface area contributed by atoms with Crippen LogP contribution in [-0.4, -0.2) is 41.3 Å². The Balaban J connectivity index is 1.97. The van der Waals surface area contributed by atoms with E-state index >= 15 is 0 Å². The van der Waals surface area contributed by atoms with Crippen molar-refractivity contribution < 1.29 is 4.74 Å². The van der Waals surface area contributed by atoms with Gasteiger partial charge < -0.3 is 9.64 Å². The molecule has 0 bridgehead atoms. The molecule has 2 heterocycles. The Morgan fingerprint density at radius 1 is 1.15 bits per heavy atom. The standard InChI is InChI=1S/C14H15ClN4O/c1-10-3-2-4-11(9-10)12-16-13(15)18-14(17-12)19-5-7-20-8-6-19/h2-4,9H,5-8H2,1H3. The fourth-order valence-electron chi connectivity index (χ4n) is 2.16. The SMILES string of the molecule is Cc1cccc(-c2nc(Cl)nc(N3CCOCC3)n2)c1. The summed E-state index contributed by atoms with van der Waals surface area (Å²) in [5.41, 5.74) is 2.11. The number of morpholine rings is 1. The number of hydrogen-bond donors (Lipinski definition) is 0. The molecule has 104 valence electrons. The van der Waals surface area contributed by atoms with Crippen LogP contribution in [0.4, 0.5) is 5.95 Å². The summed E-state index contributed by atoms with van der Waals surface area (Å²) < 4.78 is 5.34. The zero-order valence-corrected chi connectivity index (χ0v) is 12.0. The number of anilines is 1. The van der Waals surface area contributed by atoms with Crippen molar-refractivity contribution in [2.24, 2.45) is 0 Å². The second kappa shape index (κ2) is 5.73. The monoisotopic (exact) mass is 290 g/mol. The zero-order valence-electron chi connectivity index (χ0n) is 11.2. The van der Waals surface area contributed by atoms with Gasteiger partial charge in [-0.25, -0.2) is 0 Å². The van der Waals surface area contributed by atoms with Gasteiger partial charge in [-0.2, -0.15) is 15.0 Å². The average molecular weight is 291 g/mol. The van der Waals surface area contributed by atoms with Crippen LogP contribution in [0.5, 0.6) is 0 Å². The van der Waals surface area contributed by atoms with Crippen LogP contribution in [0, 0.1) is 6.92 Å². The predicted molar refractivity (Wildman–Crippen MR) is 78.0 cm³/mol. The summed E-state index contributed by atoms with van der Waals surface area (Å²) in [6.07, 6.45) is 0. The smallest absolute Gasteiger partial charge is 0.230 e. The van der Waals surface area contributed by atoms with Gasteiger partial charge in [0.05, 0.1) is 13.2 Å². The van der Waals surface area contributed by atoms with Crippen molar-refractivity contribution in [2.45, 2.75) is 6.92 Å². The molecule has 1 fully saturated rings. The first-order valence-corrected chi connectivity index (χ1v) is 6.91. The number of hydrogen-bond acceptors (Lipinski definition) is 5. The predicted octanol–water partition coefficient (Wildman–Crippen LogP) is 2.34. The van der Waals surface area contributed by atoms with Gasteiger partial charge >= 0.3 is 0 Å². The van der Waals surface area contributed by atoms with Gasteiger partial charge in [0, 0.05) is 18.7 Å². The Morgan fingerprint density at radius 3 is 2.70 bits per heavy atom. The van der Waals surface area contributed by atoms with Crippen molar-refractivity contribution in [3.8, 4) is 11.4 Å². The van der Waals surface area contributed by atoms with E-state index in [4.69, 9.17) is 16.3 Å². The number of aromatic nitrogens is 3. The summed E-state index contributed by atoms with van der Waals surface area (Å²) in [5, 5.41) is 0.220. The van der Waals surface area contributed by atoms with E-state index in [-0.39, 0.29) is 5.28 Å². The van der Waals surface area contributed by atoms with Crippen molar-refractivity contribution >= 4 is 17.5 Å². The Hall–Kier alpha value is -1.72. The van der Waals surface area contributed by atoms with Gasteiger partial charge in [0.2, 0.25) is 11.2 Å². The lowest BCUT2D eigenvalue weighted by Gasteiger charge is -2.26. The molecule has 0 atom stereocenters. The van der Waals surface area contributed by atoms with E-state index in [1.54, 1.807) is 0 Å². The highest BCUT2D eigenvalue weighted by atomic mass is 35.5. The molecule has 6 heteroatoms. The molecule has 1 aliphatic heterocycles. The molecule has 0 amide bonds. The lowest BCUT2D eigenvalue weighted by molar-refractivity contribution is 0.122. The van der Waals surface area contributed by atoms with E-state index in [2.05, 4.69) is 19.9 Å². The Kier molecular flexibility index (Phi) is 3.80. The molecule has 2 aromatic rings. The molecule has 0 radical (unpaired) electrons. The number of aryl methyl sites for hydroxylation is 1. The fourth-order valence-corrected chi connectivity index (χ4v) is 2.31. The molecule has 1 saturated heterocycles. The normalized spacial score (nSPS) is 15.4. The number of ether oxygens (including phenoxy) is 1. The van der Waals surface area contributed by atoms with Crippen molar-refractivity contribution in [3.05, 3.63) is 35.1 Å². The number of rotatable bonds is 2. The van der Waals surface area contributed by atoms with E-state index in [9.17, 15) is 0 Å². The molecule has 20 heavy (non-hydrogen) atoms. The van der Waals surface area contributed by atoms with Crippen molar-refractivity contribution in [1.29, 1.82) is 0 Å². The molecular formula is C14H15ClN4O. The first-order valence-electron chi connectivity index (χ1n) is 6.54. The van der Waals surface area contributed by atoms with Crippen LogP contribution in [0.1, 0.15) is 5.56 Å².